The van der Waals surface area contributed by atoms with Crippen LogP contribution in [0.15, 0.2) is 0 Å². The van der Waals surface area contributed by atoms with Crippen LogP contribution in [-0.4, -0.2) is 67.3 Å². The Morgan fingerprint density at radius 1 is 1.15 bits per heavy atom. The van der Waals surface area contributed by atoms with E-state index in [1.165, 1.54) is 58.3 Å². The average Bonchev–Trinajstić information content (AvgIpc) is 3.19. The summed E-state index contributed by atoms with van der Waals surface area (Å²) < 4.78 is 5.62. The second-order valence-corrected chi connectivity index (χ2v) is 7.11. The number of piperidine rings is 1. The number of nitrogens with two attached hydrogens (primary N) is 1. The van der Waals surface area contributed by atoms with E-state index in [9.17, 15) is 0 Å². The molecule has 3 aliphatic rings. The van der Waals surface area contributed by atoms with Crippen molar-refractivity contribution in [3.8, 4) is 0 Å². The van der Waals surface area contributed by atoms with Crippen molar-refractivity contribution in [3.63, 3.8) is 0 Å². The molecule has 0 aromatic rings. The molecule has 2 N–H and O–H groups in total. The van der Waals surface area contributed by atoms with Crippen molar-refractivity contribution >= 4 is 0 Å². The SMILES string of the molecule is CC(CN)(C1CCOC1)N1CCC(N2CCCCC2)C1. The first-order valence-corrected chi connectivity index (χ1v) is 8.51. The van der Waals surface area contributed by atoms with Crippen molar-refractivity contribution < 1.29 is 4.74 Å². The number of rotatable bonds is 4. The van der Waals surface area contributed by atoms with E-state index in [0.29, 0.717) is 5.92 Å². The largest absolute Gasteiger partial charge is 0.381 e. The van der Waals surface area contributed by atoms with E-state index >= 15 is 0 Å². The van der Waals surface area contributed by atoms with Gasteiger partial charge >= 0.3 is 0 Å². The normalized spacial score (nSPS) is 36.3. The van der Waals surface area contributed by atoms with Crippen LogP contribution in [0.4, 0.5) is 0 Å². The smallest absolute Gasteiger partial charge is 0.0513 e. The van der Waals surface area contributed by atoms with Gasteiger partial charge in [-0.05, 0) is 45.7 Å². The van der Waals surface area contributed by atoms with Crippen LogP contribution in [-0.2, 0) is 4.74 Å². The number of nitrogens with zero attached hydrogens (tertiary/aromatic N) is 2. The Bertz CT molecular complexity index is 313. The van der Waals surface area contributed by atoms with E-state index in [4.69, 9.17) is 10.5 Å². The van der Waals surface area contributed by atoms with Gasteiger partial charge < -0.3 is 10.5 Å². The Morgan fingerprint density at radius 2 is 1.95 bits per heavy atom. The first kappa shape index (κ1) is 14.8. The highest BCUT2D eigenvalue weighted by Crippen LogP contribution is 2.34. The molecule has 4 heteroatoms. The third-order valence-electron chi connectivity index (χ3n) is 6.02. The van der Waals surface area contributed by atoms with E-state index in [0.717, 1.165) is 25.8 Å². The number of ether oxygens (including phenoxy) is 1. The molecule has 3 aliphatic heterocycles. The molecule has 3 heterocycles. The minimum absolute atomic E-state index is 0.140. The summed E-state index contributed by atoms with van der Waals surface area (Å²) >= 11 is 0. The van der Waals surface area contributed by atoms with Crippen LogP contribution in [0.3, 0.4) is 0 Å². The third-order valence-corrected chi connectivity index (χ3v) is 6.02. The molecule has 0 aliphatic carbocycles. The van der Waals surface area contributed by atoms with Gasteiger partial charge in [0.25, 0.3) is 0 Å². The number of likely N-dealkylation sites (tertiary alicyclic amines) is 2. The molecule has 3 atom stereocenters. The second kappa shape index (κ2) is 6.30. The molecular weight excluding hydrogens is 250 g/mol. The van der Waals surface area contributed by atoms with Gasteiger partial charge in [-0.2, -0.15) is 0 Å². The fraction of sp³-hybridized carbons (Fsp3) is 1.00. The average molecular weight is 281 g/mol. The van der Waals surface area contributed by atoms with Gasteiger partial charge in [0.05, 0.1) is 6.61 Å². The first-order chi connectivity index (χ1) is 9.74. The highest BCUT2D eigenvalue weighted by Gasteiger charge is 2.44. The first-order valence-electron chi connectivity index (χ1n) is 8.51. The lowest BCUT2D eigenvalue weighted by molar-refractivity contribution is 0.0553. The van der Waals surface area contributed by atoms with Gasteiger partial charge in [-0.25, -0.2) is 0 Å². The van der Waals surface area contributed by atoms with E-state index in [2.05, 4.69) is 16.7 Å². The van der Waals surface area contributed by atoms with Crippen molar-refractivity contribution in [2.45, 2.75) is 50.6 Å². The molecule has 3 fully saturated rings. The maximum absolute atomic E-state index is 6.18. The van der Waals surface area contributed by atoms with Crippen LogP contribution in [0.1, 0.15) is 39.0 Å². The summed E-state index contributed by atoms with van der Waals surface area (Å²) in [6, 6.07) is 0.767. The summed E-state index contributed by atoms with van der Waals surface area (Å²) in [5.41, 5.74) is 6.32. The molecule has 0 aromatic carbocycles. The van der Waals surface area contributed by atoms with Gasteiger partial charge in [-0.3, -0.25) is 9.80 Å². The van der Waals surface area contributed by atoms with E-state index < -0.39 is 0 Å². The van der Waals surface area contributed by atoms with Gasteiger partial charge in [0.2, 0.25) is 0 Å². The maximum atomic E-state index is 6.18. The highest BCUT2D eigenvalue weighted by molar-refractivity contribution is 5.00. The van der Waals surface area contributed by atoms with Gasteiger partial charge in [0.1, 0.15) is 0 Å². The lowest BCUT2D eigenvalue weighted by atomic mass is 9.83. The molecule has 3 saturated heterocycles. The Morgan fingerprint density at radius 3 is 2.60 bits per heavy atom. The lowest BCUT2D eigenvalue weighted by Crippen LogP contribution is -2.56. The maximum Gasteiger partial charge on any atom is 0.0513 e. The standard InChI is InChI=1S/C16H31N3O/c1-16(13-17,14-6-10-20-12-14)19-9-5-15(11-19)18-7-3-2-4-8-18/h14-15H,2-13,17H2,1H3. The van der Waals surface area contributed by atoms with Crippen molar-refractivity contribution in [1.29, 1.82) is 0 Å². The van der Waals surface area contributed by atoms with Gasteiger partial charge in [-0.15, -0.1) is 0 Å². The van der Waals surface area contributed by atoms with Crippen LogP contribution in [0, 0.1) is 5.92 Å². The zero-order valence-corrected chi connectivity index (χ0v) is 13.0. The Balaban J connectivity index is 1.62. The highest BCUT2D eigenvalue weighted by atomic mass is 16.5. The Hall–Kier alpha value is -0.160. The predicted octanol–water partition coefficient (Wildman–Crippen LogP) is 1.30. The Labute approximate surface area is 123 Å². The lowest BCUT2D eigenvalue weighted by Gasteiger charge is -2.43. The van der Waals surface area contributed by atoms with Gasteiger partial charge in [0.15, 0.2) is 0 Å². The van der Waals surface area contributed by atoms with Gasteiger partial charge in [0, 0.05) is 43.7 Å². The molecule has 3 unspecified atom stereocenters. The molecule has 0 amide bonds. The van der Waals surface area contributed by atoms with E-state index in [1.54, 1.807) is 0 Å². The summed E-state index contributed by atoms with van der Waals surface area (Å²) in [6.07, 6.45) is 6.71. The van der Waals surface area contributed by atoms with Crippen LogP contribution < -0.4 is 5.73 Å². The van der Waals surface area contributed by atoms with Crippen molar-refractivity contribution in [2.75, 3.05) is 45.9 Å². The second-order valence-electron chi connectivity index (χ2n) is 7.11. The molecule has 116 valence electrons. The molecule has 3 rings (SSSR count). The quantitative estimate of drug-likeness (QED) is 0.843. The van der Waals surface area contributed by atoms with Crippen molar-refractivity contribution in [3.05, 3.63) is 0 Å². The molecule has 0 bridgehead atoms. The summed E-state index contributed by atoms with van der Waals surface area (Å²) in [4.78, 5) is 5.40. The summed E-state index contributed by atoms with van der Waals surface area (Å²) in [5.74, 6) is 0.618. The summed E-state index contributed by atoms with van der Waals surface area (Å²) in [6.45, 7) is 9.99. The predicted molar refractivity (Wildman–Crippen MR) is 81.8 cm³/mol. The van der Waals surface area contributed by atoms with Crippen LogP contribution in [0.25, 0.3) is 0 Å². The van der Waals surface area contributed by atoms with Crippen LogP contribution in [0.2, 0.25) is 0 Å². The minimum Gasteiger partial charge on any atom is -0.381 e. The summed E-state index contributed by atoms with van der Waals surface area (Å²) in [5, 5.41) is 0. The Kier molecular flexibility index (Phi) is 4.65. The molecule has 4 nitrogen and oxygen atoms in total. The number of hydrogen-bond donors (Lipinski definition) is 1. The van der Waals surface area contributed by atoms with Gasteiger partial charge in [-0.1, -0.05) is 6.42 Å². The zero-order valence-electron chi connectivity index (χ0n) is 13.0. The molecule has 0 aromatic heterocycles. The van der Waals surface area contributed by atoms with Crippen molar-refractivity contribution in [2.24, 2.45) is 11.7 Å². The summed E-state index contributed by atoms with van der Waals surface area (Å²) in [7, 11) is 0. The molecule has 0 radical (unpaired) electrons. The molecular formula is C16H31N3O. The van der Waals surface area contributed by atoms with E-state index in [1.807, 2.05) is 0 Å². The molecule has 0 spiro atoms. The molecule has 0 saturated carbocycles. The third kappa shape index (κ3) is 2.76. The fourth-order valence-electron chi connectivity index (χ4n) is 4.37. The van der Waals surface area contributed by atoms with Crippen LogP contribution >= 0.6 is 0 Å². The number of hydrogen-bond acceptors (Lipinski definition) is 4. The zero-order chi connectivity index (χ0) is 14.0. The van der Waals surface area contributed by atoms with E-state index in [-0.39, 0.29) is 5.54 Å². The minimum atomic E-state index is 0.140. The van der Waals surface area contributed by atoms with Crippen molar-refractivity contribution in [1.82, 2.24) is 9.80 Å². The van der Waals surface area contributed by atoms with Crippen LogP contribution in [0.5, 0.6) is 0 Å². The monoisotopic (exact) mass is 281 g/mol. The molecule has 20 heavy (non-hydrogen) atoms. The topological polar surface area (TPSA) is 41.7 Å². The fourth-order valence-corrected chi connectivity index (χ4v) is 4.37.